The summed E-state index contributed by atoms with van der Waals surface area (Å²) < 4.78 is 3.66. The molecule has 0 aliphatic carbocycles. The molecule has 0 amide bonds. The Kier molecular flexibility index (Phi) is 5.79. The molecule has 0 spiro atoms. The van der Waals surface area contributed by atoms with Crippen molar-refractivity contribution in [1.29, 1.82) is 0 Å². The lowest BCUT2D eigenvalue weighted by Crippen LogP contribution is -2.33. The molecule has 0 aliphatic heterocycles. The van der Waals surface area contributed by atoms with E-state index in [2.05, 4.69) is 48.2 Å². The Hall–Kier alpha value is 1.28. The maximum Gasteiger partial charge on any atom is 0.0564 e. The van der Waals surface area contributed by atoms with Gasteiger partial charge in [-0.1, -0.05) is 25.6 Å². The van der Waals surface area contributed by atoms with Crippen molar-refractivity contribution in [2.75, 3.05) is 32.9 Å². The lowest BCUT2D eigenvalue weighted by Gasteiger charge is -2.42. The average molecular weight is 247 g/mol. The molecular weight excluding hydrogens is 230 g/mol. The van der Waals surface area contributed by atoms with Gasteiger partial charge in [-0.05, 0) is 18.8 Å². The second-order valence-electron chi connectivity index (χ2n) is 3.19. The van der Waals surface area contributed by atoms with Crippen LogP contribution in [0.3, 0.4) is 0 Å². The van der Waals surface area contributed by atoms with Gasteiger partial charge in [0.2, 0.25) is 0 Å². The fourth-order valence-corrected chi connectivity index (χ4v) is 3.69. The molecule has 7 heteroatoms. The van der Waals surface area contributed by atoms with E-state index in [-0.39, 0.29) is 0 Å². The van der Waals surface area contributed by atoms with Gasteiger partial charge in [-0.15, -0.1) is 6.94 Å². The molecule has 0 rings (SSSR count). The van der Waals surface area contributed by atoms with Crippen LogP contribution in [0, 0.1) is 0 Å². The molecule has 0 aliphatic rings. The van der Waals surface area contributed by atoms with Crippen molar-refractivity contribution in [3.63, 3.8) is 0 Å². The Bertz CT molecular complexity index is 133. The summed E-state index contributed by atoms with van der Waals surface area (Å²) in [5, 5.41) is 2.04. The molecule has 3 nitrogen and oxygen atoms in total. The number of hydrogen-bond acceptors (Lipinski definition) is 6. The largest absolute Gasteiger partial charge is 0.228 e. The lowest BCUT2D eigenvalue weighted by molar-refractivity contribution is 0.254. The van der Waals surface area contributed by atoms with Crippen molar-refractivity contribution in [2.24, 2.45) is 0 Å². The first kappa shape index (κ1) is 13.3. The van der Waals surface area contributed by atoms with E-state index in [4.69, 9.17) is 0 Å². The van der Waals surface area contributed by atoms with Gasteiger partial charge in [0.15, 0.2) is 0 Å². The fraction of sp³-hybridized carbons (Fsp3) is 1.00. The second-order valence-corrected chi connectivity index (χ2v) is 9.84. The van der Waals surface area contributed by atoms with E-state index in [9.17, 15) is 0 Å². The van der Waals surface area contributed by atoms with Gasteiger partial charge < -0.3 is 0 Å². The number of thiol groups is 2. The normalized spacial score (nSPS) is 14.8. The zero-order valence-corrected chi connectivity index (χ0v) is 11.5. The highest BCUT2D eigenvalue weighted by Crippen LogP contribution is 2.46. The van der Waals surface area contributed by atoms with Crippen LogP contribution in [-0.2, 0) is 0 Å². The van der Waals surface area contributed by atoms with Crippen molar-refractivity contribution in [3.05, 3.63) is 0 Å². The molecular formula is C5H17N3S4. The smallest absolute Gasteiger partial charge is 0.0564 e. The van der Waals surface area contributed by atoms with Crippen molar-refractivity contribution in [3.8, 4) is 0 Å². The number of nitrogens with zero attached hydrogens (tertiary/aromatic N) is 3. The van der Waals surface area contributed by atoms with Gasteiger partial charge in [0.05, 0.1) is 12.1 Å². The summed E-state index contributed by atoms with van der Waals surface area (Å²) in [5.41, 5.74) is 0. The van der Waals surface area contributed by atoms with Crippen LogP contribution >= 0.6 is 48.0 Å². The third-order valence-electron chi connectivity index (χ3n) is 0.938. The molecule has 0 saturated carbocycles. The van der Waals surface area contributed by atoms with E-state index >= 15 is 0 Å². The number of hydrogen-bond donors (Lipinski definition) is 2. The van der Waals surface area contributed by atoms with Gasteiger partial charge in [0.25, 0.3) is 0 Å². The molecule has 0 unspecified atom stereocenters. The molecule has 76 valence electrons. The van der Waals surface area contributed by atoms with Gasteiger partial charge in [0.1, 0.15) is 0 Å². The number of hydrazine groups is 1. The monoisotopic (exact) mass is 247 g/mol. The molecule has 0 heterocycles. The third-order valence-corrected chi connectivity index (χ3v) is 4.79. The fourth-order valence-electron chi connectivity index (χ4n) is 0.725. The van der Waals surface area contributed by atoms with Crippen molar-refractivity contribution < 1.29 is 0 Å². The molecule has 0 aromatic heterocycles. The Morgan fingerprint density at radius 2 is 1.50 bits per heavy atom. The van der Waals surface area contributed by atoms with Gasteiger partial charge in [-0.25, -0.2) is 5.01 Å². The van der Waals surface area contributed by atoms with Gasteiger partial charge in [-0.3, -0.25) is 0 Å². The Balaban J connectivity index is 4.25. The Morgan fingerprint density at radius 3 is 1.58 bits per heavy atom. The Morgan fingerprint density at radius 1 is 1.08 bits per heavy atom. The van der Waals surface area contributed by atoms with Crippen LogP contribution in [0.4, 0.5) is 0 Å². The predicted molar refractivity (Wildman–Crippen MR) is 68.3 cm³/mol. The van der Waals surface area contributed by atoms with Gasteiger partial charge >= 0.3 is 0 Å². The highest BCUT2D eigenvalue weighted by molar-refractivity contribution is 8.36. The molecule has 0 atom stereocenters. The van der Waals surface area contributed by atoms with Gasteiger partial charge in [-0.2, -0.15) is 10.2 Å². The maximum atomic E-state index is 4.07. The SMILES string of the molecule is CN(C)N(SN(S)S)S(C)(C)C. The highest BCUT2D eigenvalue weighted by atomic mass is 32.3. The summed E-state index contributed by atoms with van der Waals surface area (Å²) in [5.74, 6) is 0. The molecule has 0 aromatic rings. The first-order valence-electron chi connectivity index (χ1n) is 3.27. The van der Waals surface area contributed by atoms with E-state index in [1.54, 1.807) is 0 Å². The first-order chi connectivity index (χ1) is 5.25. The zero-order chi connectivity index (χ0) is 9.94. The quantitative estimate of drug-likeness (QED) is 0.446. The highest BCUT2D eigenvalue weighted by Gasteiger charge is 2.21. The lowest BCUT2D eigenvalue weighted by atomic mass is 11.2. The van der Waals surface area contributed by atoms with Crippen molar-refractivity contribution in [2.45, 2.75) is 0 Å². The summed E-state index contributed by atoms with van der Waals surface area (Å²) in [4.78, 5) is 0. The topological polar surface area (TPSA) is 9.72 Å². The molecule has 0 saturated heterocycles. The standard InChI is InChI=1S/C5H17N3S4/c1-6(2)7(11-8(9)10)12(3,4)5/h9-10H,1-5H3. The molecule has 0 N–H and O–H groups in total. The van der Waals surface area contributed by atoms with Crippen LogP contribution in [0.25, 0.3) is 0 Å². The predicted octanol–water partition coefficient (Wildman–Crippen LogP) is 1.93. The minimum atomic E-state index is -0.776. The minimum absolute atomic E-state index is 0.776. The number of rotatable bonds is 4. The summed E-state index contributed by atoms with van der Waals surface area (Å²) in [6.07, 6.45) is 6.64. The van der Waals surface area contributed by atoms with Crippen LogP contribution in [0.15, 0.2) is 0 Å². The summed E-state index contributed by atoms with van der Waals surface area (Å²) in [6.45, 7) is 0. The maximum absolute atomic E-state index is 4.07. The first-order valence-corrected chi connectivity index (χ1v) is 7.61. The molecule has 0 radical (unpaired) electrons. The second kappa shape index (κ2) is 5.23. The summed E-state index contributed by atoms with van der Waals surface area (Å²) in [7, 11) is 3.24. The molecule has 0 fully saturated rings. The van der Waals surface area contributed by atoms with E-state index in [1.165, 1.54) is 15.2 Å². The van der Waals surface area contributed by atoms with Crippen molar-refractivity contribution >= 4 is 48.0 Å². The van der Waals surface area contributed by atoms with Crippen LogP contribution < -0.4 is 0 Å². The molecule has 12 heavy (non-hydrogen) atoms. The summed E-state index contributed by atoms with van der Waals surface area (Å²) in [6, 6.07) is 0. The van der Waals surface area contributed by atoms with E-state index in [0.717, 1.165) is 0 Å². The van der Waals surface area contributed by atoms with Crippen LogP contribution in [-0.4, -0.2) is 44.8 Å². The minimum Gasteiger partial charge on any atom is -0.228 e. The molecule has 0 bridgehead atoms. The van der Waals surface area contributed by atoms with E-state index in [1.807, 2.05) is 19.1 Å². The van der Waals surface area contributed by atoms with Crippen molar-refractivity contribution in [1.82, 2.24) is 11.9 Å². The van der Waals surface area contributed by atoms with Crippen LogP contribution in [0.5, 0.6) is 0 Å². The zero-order valence-electron chi connectivity index (χ0n) is 8.05. The van der Waals surface area contributed by atoms with Gasteiger partial charge in [0, 0.05) is 14.1 Å². The average Bonchev–Trinajstić information content (AvgIpc) is 1.79. The Labute approximate surface area is 92.6 Å². The van der Waals surface area contributed by atoms with Crippen LogP contribution in [0.2, 0.25) is 0 Å². The van der Waals surface area contributed by atoms with Crippen LogP contribution in [0.1, 0.15) is 0 Å². The van der Waals surface area contributed by atoms with E-state index in [0.29, 0.717) is 0 Å². The molecule has 0 aromatic carbocycles. The summed E-state index contributed by atoms with van der Waals surface area (Å²) >= 11 is 9.61. The van der Waals surface area contributed by atoms with E-state index < -0.39 is 10.2 Å². The third kappa shape index (κ3) is 5.11.